The third-order valence-corrected chi connectivity index (χ3v) is 4.32. The Bertz CT molecular complexity index is 733. The molecule has 0 aliphatic rings. The van der Waals surface area contributed by atoms with E-state index in [2.05, 4.69) is 35.7 Å². The first kappa shape index (κ1) is 13.7. The largest absolute Gasteiger partial charge is 0.496 e. The second-order valence-electron chi connectivity index (χ2n) is 4.59. The maximum absolute atomic E-state index is 5.52. The van der Waals surface area contributed by atoms with Crippen molar-refractivity contribution in [2.24, 2.45) is 0 Å². The molecule has 0 spiro atoms. The average Bonchev–Trinajstić information content (AvgIpc) is 3.08. The molecule has 1 heterocycles. The van der Waals surface area contributed by atoms with Gasteiger partial charge in [-0.2, -0.15) is 0 Å². The number of hydrogen-bond donors (Lipinski definition) is 0. The highest BCUT2D eigenvalue weighted by atomic mass is 32.1. The van der Waals surface area contributed by atoms with Gasteiger partial charge >= 0.3 is 0 Å². The molecule has 0 unspecified atom stereocenters. The minimum Gasteiger partial charge on any atom is -0.496 e. The van der Waals surface area contributed by atoms with Gasteiger partial charge in [-0.3, -0.25) is 0 Å². The Hall–Kier alpha value is -2.26. The van der Waals surface area contributed by atoms with Crippen molar-refractivity contribution in [3.63, 3.8) is 0 Å². The van der Waals surface area contributed by atoms with Crippen molar-refractivity contribution in [2.45, 2.75) is 0 Å². The maximum atomic E-state index is 5.52. The van der Waals surface area contributed by atoms with Gasteiger partial charge in [-0.15, -0.1) is 11.3 Å². The van der Waals surface area contributed by atoms with Crippen molar-refractivity contribution in [3.8, 4) is 33.1 Å². The van der Waals surface area contributed by atoms with Crippen LogP contribution in [-0.4, -0.2) is 14.2 Å². The van der Waals surface area contributed by atoms with E-state index in [0.717, 1.165) is 22.6 Å². The van der Waals surface area contributed by atoms with E-state index in [0.29, 0.717) is 0 Å². The molecular weight excluding hydrogens is 280 g/mol. The average molecular weight is 296 g/mol. The van der Waals surface area contributed by atoms with Crippen LogP contribution in [0.4, 0.5) is 0 Å². The Morgan fingerprint density at radius 2 is 1.52 bits per heavy atom. The van der Waals surface area contributed by atoms with Gasteiger partial charge in [0.05, 0.1) is 14.2 Å². The van der Waals surface area contributed by atoms with Crippen LogP contribution in [-0.2, 0) is 0 Å². The predicted molar refractivity (Wildman–Crippen MR) is 88.3 cm³/mol. The van der Waals surface area contributed by atoms with Crippen molar-refractivity contribution in [3.05, 3.63) is 60.0 Å². The molecule has 0 saturated carbocycles. The lowest BCUT2D eigenvalue weighted by Gasteiger charge is -2.13. The number of methoxy groups -OCH3 is 2. The first-order valence-corrected chi connectivity index (χ1v) is 7.56. The molecule has 0 saturated heterocycles. The predicted octanol–water partition coefficient (Wildman–Crippen LogP) is 5.10. The topological polar surface area (TPSA) is 18.5 Å². The summed E-state index contributed by atoms with van der Waals surface area (Å²) in [5.41, 5.74) is 3.27. The SMILES string of the molecule is COc1ccccc1-c1cc(-c2cccs2)ccc1OC. The zero-order valence-electron chi connectivity index (χ0n) is 12.0. The van der Waals surface area contributed by atoms with E-state index >= 15 is 0 Å². The van der Waals surface area contributed by atoms with Crippen LogP contribution in [0.2, 0.25) is 0 Å². The summed E-state index contributed by atoms with van der Waals surface area (Å²) < 4.78 is 11.0. The number of benzene rings is 2. The Kier molecular flexibility index (Phi) is 3.93. The molecule has 2 aromatic carbocycles. The molecule has 106 valence electrons. The van der Waals surface area contributed by atoms with E-state index in [1.165, 1.54) is 10.4 Å². The lowest BCUT2D eigenvalue weighted by Crippen LogP contribution is -1.92. The second-order valence-corrected chi connectivity index (χ2v) is 5.54. The number of para-hydroxylation sites is 1. The van der Waals surface area contributed by atoms with E-state index in [9.17, 15) is 0 Å². The molecule has 0 fully saturated rings. The van der Waals surface area contributed by atoms with Crippen LogP contribution in [0, 0.1) is 0 Å². The van der Waals surface area contributed by atoms with Gasteiger partial charge in [0, 0.05) is 16.0 Å². The van der Waals surface area contributed by atoms with Gasteiger partial charge in [0.15, 0.2) is 0 Å². The Labute approximate surface area is 128 Å². The fourth-order valence-electron chi connectivity index (χ4n) is 2.38. The summed E-state index contributed by atoms with van der Waals surface area (Å²) in [6.45, 7) is 0. The van der Waals surface area contributed by atoms with Gasteiger partial charge in [-0.25, -0.2) is 0 Å². The first-order chi connectivity index (χ1) is 10.3. The molecule has 0 N–H and O–H groups in total. The summed E-state index contributed by atoms with van der Waals surface area (Å²) in [5, 5.41) is 2.09. The van der Waals surface area contributed by atoms with Crippen molar-refractivity contribution >= 4 is 11.3 Å². The number of hydrogen-bond acceptors (Lipinski definition) is 3. The lowest BCUT2D eigenvalue weighted by atomic mass is 10.0. The van der Waals surface area contributed by atoms with Gasteiger partial charge in [0.1, 0.15) is 11.5 Å². The zero-order valence-corrected chi connectivity index (χ0v) is 12.8. The van der Waals surface area contributed by atoms with Gasteiger partial charge < -0.3 is 9.47 Å². The Morgan fingerprint density at radius 1 is 0.762 bits per heavy atom. The van der Waals surface area contributed by atoms with Crippen LogP contribution in [0.15, 0.2) is 60.0 Å². The van der Waals surface area contributed by atoms with Crippen molar-refractivity contribution in [1.29, 1.82) is 0 Å². The van der Waals surface area contributed by atoms with Crippen molar-refractivity contribution < 1.29 is 9.47 Å². The van der Waals surface area contributed by atoms with E-state index in [4.69, 9.17) is 9.47 Å². The normalized spacial score (nSPS) is 10.4. The number of ether oxygens (including phenoxy) is 2. The molecular formula is C18H16O2S. The third-order valence-electron chi connectivity index (χ3n) is 3.40. The molecule has 2 nitrogen and oxygen atoms in total. The fraction of sp³-hybridized carbons (Fsp3) is 0.111. The van der Waals surface area contributed by atoms with Crippen LogP contribution in [0.1, 0.15) is 0 Å². The second kappa shape index (κ2) is 6.02. The monoisotopic (exact) mass is 296 g/mol. The van der Waals surface area contributed by atoms with Crippen LogP contribution < -0.4 is 9.47 Å². The molecule has 0 atom stereocenters. The van der Waals surface area contributed by atoms with E-state index in [-0.39, 0.29) is 0 Å². The Balaban J connectivity index is 2.18. The quantitative estimate of drug-likeness (QED) is 0.667. The summed E-state index contributed by atoms with van der Waals surface area (Å²) in [6, 6.07) is 18.4. The summed E-state index contributed by atoms with van der Waals surface area (Å²) in [4.78, 5) is 1.24. The van der Waals surface area contributed by atoms with E-state index in [1.807, 2.05) is 24.3 Å². The summed E-state index contributed by atoms with van der Waals surface area (Å²) in [5.74, 6) is 1.69. The highest BCUT2D eigenvalue weighted by Gasteiger charge is 2.12. The van der Waals surface area contributed by atoms with Gasteiger partial charge in [-0.05, 0) is 41.3 Å². The van der Waals surface area contributed by atoms with Gasteiger partial charge in [0.25, 0.3) is 0 Å². The summed E-state index contributed by atoms with van der Waals surface area (Å²) in [7, 11) is 3.38. The van der Waals surface area contributed by atoms with Crippen molar-refractivity contribution in [2.75, 3.05) is 14.2 Å². The van der Waals surface area contributed by atoms with Gasteiger partial charge in [0.2, 0.25) is 0 Å². The molecule has 3 heteroatoms. The van der Waals surface area contributed by atoms with E-state index in [1.54, 1.807) is 25.6 Å². The minimum absolute atomic E-state index is 0.846. The highest BCUT2D eigenvalue weighted by Crippen LogP contribution is 2.39. The summed E-state index contributed by atoms with van der Waals surface area (Å²) in [6.07, 6.45) is 0. The molecule has 1 aromatic heterocycles. The molecule has 0 amide bonds. The smallest absolute Gasteiger partial charge is 0.126 e. The fourth-order valence-corrected chi connectivity index (χ4v) is 3.11. The van der Waals surface area contributed by atoms with Crippen LogP contribution >= 0.6 is 11.3 Å². The Morgan fingerprint density at radius 3 is 2.24 bits per heavy atom. The molecule has 0 aliphatic heterocycles. The number of thiophene rings is 1. The van der Waals surface area contributed by atoms with Gasteiger partial charge in [-0.1, -0.05) is 24.3 Å². The standard InChI is InChI=1S/C18H16O2S/c1-19-16-7-4-3-6-14(16)15-12-13(9-10-17(15)20-2)18-8-5-11-21-18/h3-12H,1-2H3. The molecule has 0 radical (unpaired) electrons. The molecule has 0 bridgehead atoms. The van der Waals surface area contributed by atoms with E-state index < -0.39 is 0 Å². The van der Waals surface area contributed by atoms with Crippen LogP contribution in [0.3, 0.4) is 0 Å². The highest BCUT2D eigenvalue weighted by molar-refractivity contribution is 7.13. The zero-order chi connectivity index (χ0) is 14.7. The maximum Gasteiger partial charge on any atom is 0.126 e. The minimum atomic E-state index is 0.846. The van der Waals surface area contributed by atoms with Crippen LogP contribution in [0.25, 0.3) is 21.6 Å². The molecule has 0 aliphatic carbocycles. The summed E-state index contributed by atoms with van der Waals surface area (Å²) >= 11 is 1.73. The molecule has 3 rings (SSSR count). The third kappa shape index (κ3) is 2.65. The van der Waals surface area contributed by atoms with Crippen molar-refractivity contribution in [1.82, 2.24) is 0 Å². The van der Waals surface area contributed by atoms with Crippen LogP contribution in [0.5, 0.6) is 11.5 Å². The lowest BCUT2D eigenvalue weighted by molar-refractivity contribution is 0.410. The number of rotatable bonds is 4. The first-order valence-electron chi connectivity index (χ1n) is 6.69. The molecule has 21 heavy (non-hydrogen) atoms. The molecule has 3 aromatic rings.